The number of hydrogen-bond donors (Lipinski definition) is 1. The zero-order valence-corrected chi connectivity index (χ0v) is 10.0. The van der Waals surface area contributed by atoms with Crippen molar-refractivity contribution < 1.29 is 4.74 Å². The number of aromatic nitrogens is 3. The van der Waals surface area contributed by atoms with Gasteiger partial charge in [0.05, 0.1) is 12.6 Å². The Morgan fingerprint density at radius 3 is 3.00 bits per heavy atom. The quantitative estimate of drug-likeness (QED) is 0.784. The van der Waals surface area contributed by atoms with Gasteiger partial charge in [0.25, 0.3) is 0 Å². The van der Waals surface area contributed by atoms with Crippen LogP contribution in [0.1, 0.15) is 38.4 Å². The Labute approximate surface area is 94.6 Å². The molecule has 0 amide bonds. The molecule has 1 atom stereocenters. The van der Waals surface area contributed by atoms with Crippen LogP contribution in [0.15, 0.2) is 0 Å². The van der Waals surface area contributed by atoms with Gasteiger partial charge in [-0.25, -0.2) is 0 Å². The SMILES string of the molecule is CCOC(C)Cn1c(C2CC2)n[nH]c1=S. The smallest absolute Gasteiger partial charge is 0.195 e. The van der Waals surface area contributed by atoms with Gasteiger partial charge in [-0.15, -0.1) is 0 Å². The summed E-state index contributed by atoms with van der Waals surface area (Å²) in [6.07, 6.45) is 2.67. The van der Waals surface area contributed by atoms with Gasteiger partial charge in [0.15, 0.2) is 4.77 Å². The van der Waals surface area contributed by atoms with E-state index in [-0.39, 0.29) is 6.10 Å². The minimum atomic E-state index is 0.191. The van der Waals surface area contributed by atoms with Crippen LogP contribution in [0.5, 0.6) is 0 Å². The monoisotopic (exact) mass is 227 g/mol. The molecule has 1 aromatic rings. The first-order valence-corrected chi connectivity index (χ1v) is 5.90. The number of aromatic amines is 1. The molecular formula is C10H17N3OS. The van der Waals surface area contributed by atoms with Gasteiger partial charge in [-0.05, 0) is 38.9 Å². The van der Waals surface area contributed by atoms with Crippen LogP contribution in [-0.2, 0) is 11.3 Å². The molecule has 5 heteroatoms. The van der Waals surface area contributed by atoms with Crippen molar-refractivity contribution in [2.24, 2.45) is 0 Å². The molecule has 2 rings (SSSR count). The predicted molar refractivity (Wildman–Crippen MR) is 60.5 cm³/mol. The fourth-order valence-electron chi connectivity index (χ4n) is 1.75. The van der Waals surface area contributed by atoms with Crippen LogP contribution in [0, 0.1) is 4.77 Å². The maximum atomic E-state index is 5.52. The van der Waals surface area contributed by atoms with Gasteiger partial charge >= 0.3 is 0 Å². The van der Waals surface area contributed by atoms with E-state index in [1.54, 1.807) is 0 Å². The van der Waals surface area contributed by atoms with Crippen LogP contribution in [0.3, 0.4) is 0 Å². The molecule has 0 aliphatic heterocycles. The second-order valence-corrected chi connectivity index (χ2v) is 4.42. The standard InChI is InChI=1S/C10H17N3OS/c1-3-14-7(2)6-13-9(8-4-5-8)11-12-10(13)15/h7-8H,3-6H2,1-2H3,(H,12,15). The van der Waals surface area contributed by atoms with E-state index in [1.165, 1.54) is 12.8 Å². The lowest BCUT2D eigenvalue weighted by molar-refractivity contribution is 0.0631. The third-order valence-electron chi connectivity index (χ3n) is 2.62. The number of rotatable bonds is 5. The van der Waals surface area contributed by atoms with Crippen molar-refractivity contribution in [2.75, 3.05) is 6.61 Å². The second-order valence-electron chi connectivity index (χ2n) is 4.04. The Bertz CT molecular complexity index is 380. The highest BCUT2D eigenvalue weighted by molar-refractivity contribution is 7.71. The summed E-state index contributed by atoms with van der Waals surface area (Å²) in [6, 6.07) is 0. The van der Waals surface area contributed by atoms with Gasteiger partial charge in [0.2, 0.25) is 0 Å². The predicted octanol–water partition coefficient (Wildman–Crippen LogP) is 2.24. The Morgan fingerprint density at radius 2 is 2.40 bits per heavy atom. The number of hydrogen-bond acceptors (Lipinski definition) is 3. The lowest BCUT2D eigenvalue weighted by Gasteiger charge is -2.13. The zero-order valence-electron chi connectivity index (χ0n) is 9.19. The Hall–Kier alpha value is -0.680. The maximum absolute atomic E-state index is 5.52. The van der Waals surface area contributed by atoms with E-state index in [4.69, 9.17) is 17.0 Å². The summed E-state index contributed by atoms with van der Waals surface area (Å²) >= 11 is 5.21. The summed E-state index contributed by atoms with van der Waals surface area (Å²) in [5.74, 6) is 1.72. The first-order valence-electron chi connectivity index (χ1n) is 5.49. The molecule has 0 aromatic carbocycles. The third-order valence-corrected chi connectivity index (χ3v) is 2.93. The van der Waals surface area contributed by atoms with Crippen LogP contribution < -0.4 is 0 Å². The van der Waals surface area contributed by atoms with Gasteiger partial charge < -0.3 is 9.30 Å². The van der Waals surface area contributed by atoms with E-state index in [0.717, 1.165) is 19.0 Å². The van der Waals surface area contributed by atoms with Crippen molar-refractivity contribution in [1.29, 1.82) is 0 Å². The average molecular weight is 227 g/mol. The Morgan fingerprint density at radius 1 is 1.67 bits per heavy atom. The summed E-state index contributed by atoms with van der Waals surface area (Å²) in [7, 11) is 0. The lowest BCUT2D eigenvalue weighted by atomic mass is 10.3. The first kappa shape index (κ1) is 10.8. The van der Waals surface area contributed by atoms with Crippen molar-refractivity contribution in [3.8, 4) is 0 Å². The molecular weight excluding hydrogens is 210 g/mol. The van der Waals surface area contributed by atoms with Gasteiger partial charge in [-0.2, -0.15) is 5.10 Å². The third kappa shape index (κ3) is 2.46. The number of nitrogens with zero attached hydrogens (tertiary/aromatic N) is 2. The molecule has 1 N–H and O–H groups in total. The molecule has 1 aliphatic carbocycles. The zero-order chi connectivity index (χ0) is 10.8. The Kier molecular flexibility index (Phi) is 3.21. The lowest BCUT2D eigenvalue weighted by Crippen LogP contribution is -2.18. The molecule has 1 fully saturated rings. The van der Waals surface area contributed by atoms with Crippen LogP contribution in [0.25, 0.3) is 0 Å². The molecule has 0 radical (unpaired) electrons. The summed E-state index contributed by atoms with van der Waals surface area (Å²) in [5, 5.41) is 7.15. The van der Waals surface area contributed by atoms with Gasteiger partial charge in [-0.3, -0.25) is 5.10 Å². The van der Waals surface area contributed by atoms with Crippen molar-refractivity contribution in [2.45, 2.75) is 45.3 Å². The van der Waals surface area contributed by atoms with Crippen molar-refractivity contribution in [3.63, 3.8) is 0 Å². The molecule has 84 valence electrons. The molecule has 4 nitrogen and oxygen atoms in total. The minimum Gasteiger partial charge on any atom is -0.377 e. The van der Waals surface area contributed by atoms with Crippen molar-refractivity contribution >= 4 is 12.2 Å². The molecule has 1 aromatic heterocycles. The summed E-state index contributed by atoms with van der Waals surface area (Å²) in [5.41, 5.74) is 0. The summed E-state index contributed by atoms with van der Waals surface area (Å²) < 4.78 is 8.30. The van der Waals surface area contributed by atoms with Gasteiger partial charge in [0.1, 0.15) is 5.82 Å². The highest BCUT2D eigenvalue weighted by Crippen LogP contribution is 2.38. The van der Waals surface area contributed by atoms with Crippen LogP contribution in [0.4, 0.5) is 0 Å². The topological polar surface area (TPSA) is 42.8 Å². The molecule has 1 unspecified atom stereocenters. The highest BCUT2D eigenvalue weighted by Gasteiger charge is 2.29. The molecule has 1 heterocycles. The largest absolute Gasteiger partial charge is 0.377 e. The van der Waals surface area contributed by atoms with Gasteiger partial charge in [0, 0.05) is 12.5 Å². The maximum Gasteiger partial charge on any atom is 0.195 e. The van der Waals surface area contributed by atoms with E-state index in [2.05, 4.69) is 21.7 Å². The highest BCUT2D eigenvalue weighted by atomic mass is 32.1. The molecule has 15 heavy (non-hydrogen) atoms. The fourth-order valence-corrected chi connectivity index (χ4v) is 1.97. The second kappa shape index (κ2) is 4.45. The number of ether oxygens (including phenoxy) is 1. The fraction of sp³-hybridized carbons (Fsp3) is 0.800. The molecule has 0 bridgehead atoms. The summed E-state index contributed by atoms with van der Waals surface area (Å²) in [6.45, 7) is 5.61. The molecule has 0 spiro atoms. The van der Waals surface area contributed by atoms with Crippen molar-refractivity contribution in [3.05, 3.63) is 10.6 Å². The molecule has 1 saturated carbocycles. The van der Waals surface area contributed by atoms with E-state index in [1.807, 2.05) is 6.92 Å². The molecule has 1 aliphatic rings. The Balaban J connectivity index is 2.11. The molecule has 0 saturated heterocycles. The minimum absolute atomic E-state index is 0.191. The van der Waals surface area contributed by atoms with E-state index in [9.17, 15) is 0 Å². The van der Waals surface area contributed by atoms with E-state index >= 15 is 0 Å². The van der Waals surface area contributed by atoms with Crippen LogP contribution in [0.2, 0.25) is 0 Å². The van der Waals surface area contributed by atoms with Crippen LogP contribution in [-0.4, -0.2) is 27.5 Å². The number of H-pyrrole nitrogens is 1. The summed E-state index contributed by atoms with van der Waals surface area (Å²) in [4.78, 5) is 0. The first-order chi connectivity index (χ1) is 7.22. The van der Waals surface area contributed by atoms with Crippen molar-refractivity contribution in [1.82, 2.24) is 14.8 Å². The van der Waals surface area contributed by atoms with E-state index in [0.29, 0.717) is 10.7 Å². The average Bonchev–Trinajstić information content (AvgIpc) is 2.96. The van der Waals surface area contributed by atoms with Crippen LogP contribution >= 0.6 is 12.2 Å². The normalized spacial score (nSPS) is 18.0. The number of nitrogens with one attached hydrogen (secondary N) is 1. The van der Waals surface area contributed by atoms with Gasteiger partial charge in [-0.1, -0.05) is 0 Å². The van der Waals surface area contributed by atoms with E-state index < -0.39 is 0 Å².